The van der Waals surface area contributed by atoms with Gasteiger partial charge in [0.1, 0.15) is 0 Å². The van der Waals surface area contributed by atoms with Gasteiger partial charge >= 0.3 is 0 Å². The van der Waals surface area contributed by atoms with Crippen LogP contribution in [-0.2, 0) is 17.9 Å². The van der Waals surface area contributed by atoms with Crippen LogP contribution in [0.5, 0.6) is 11.5 Å². The maximum atomic E-state index is 13.1. The Bertz CT molecular complexity index is 1100. The summed E-state index contributed by atoms with van der Waals surface area (Å²) in [5.74, 6) is 0.613. The molecule has 2 aromatic heterocycles. The van der Waals surface area contributed by atoms with Gasteiger partial charge in [-0.1, -0.05) is 12.1 Å². The summed E-state index contributed by atoms with van der Waals surface area (Å²) < 4.78 is 15.9. The van der Waals surface area contributed by atoms with Gasteiger partial charge in [0.05, 0.1) is 17.9 Å². The second-order valence-electron chi connectivity index (χ2n) is 7.17. The maximum absolute atomic E-state index is 13.1. The third-order valence-electron chi connectivity index (χ3n) is 5.26. The van der Waals surface area contributed by atoms with Crippen LogP contribution in [0.3, 0.4) is 0 Å². The summed E-state index contributed by atoms with van der Waals surface area (Å²) in [5, 5.41) is 2.96. The molecule has 8 nitrogen and oxygen atoms in total. The number of carbonyl (C=O) groups is 2. The van der Waals surface area contributed by atoms with E-state index in [0.717, 1.165) is 11.1 Å². The number of aromatic nitrogens is 1. The molecule has 0 saturated carbocycles. The van der Waals surface area contributed by atoms with Gasteiger partial charge in [0, 0.05) is 25.8 Å². The largest absolute Gasteiger partial charge is 0.459 e. The van der Waals surface area contributed by atoms with Crippen molar-refractivity contribution in [1.29, 1.82) is 0 Å². The van der Waals surface area contributed by atoms with Crippen LogP contribution in [0.2, 0.25) is 0 Å². The molecule has 2 aliphatic rings. The number of ether oxygens (including phenoxy) is 2. The summed E-state index contributed by atoms with van der Waals surface area (Å²) >= 11 is 0. The molecule has 1 unspecified atom stereocenters. The standard InChI is InChI=1S/C22H19N3O5/c26-21(24-10-14-5-6-17-19(9-14)30-13-29-17)16-12-25(22(27)18-4-2-8-28-18)11-15-3-1-7-23-20(15)16/h1-9,16H,10-13H2,(H,24,26). The van der Waals surface area contributed by atoms with Gasteiger partial charge in [-0.25, -0.2) is 0 Å². The Morgan fingerprint density at radius 2 is 2.03 bits per heavy atom. The topological polar surface area (TPSA) is 93.9 Å². The molecule has 0 spiro atoms. The van der Waals surface area contributed by atoms with Gasteiger partial charge in [-0.05, 0) is 41.5 Å². The highest BCUT2D eigenvalue weighted by atomic mass is 16.7. The van der Waals surface area contributed by atoms with E-state index in [-0.39, 0.29) is 30.9 Å². The summed E-state index contributed by atoms with van der Waals surface area (Å²) in [6.07, 6.45) is 3.13. The van der Waals surface area contributed by atoms with Crippen molar-refractivity contribution < 1.29 is 23.5 Å². The molecule has 1 N–H and O–H groups in total. The fraction of sp³-hybridized carbons (Fsp3) is 0.227. The SMILES string of the molecule is O=C(NCc1ccc2c(c1)OCO2)C1CN(C(=O)c2ccco2)Cc2cccnc21. The van der Waals surface area contributed by atoms with E-state index >= 15 is 0 Å². The molecular formula is C22H19N3O5. The Balaban J connectivity index is 1.34. The van der Waals surface area contributed by atoms with Crippen LogP contribution in [0, 0.1) is 0 Å². The highest BCUT2D eigenvalue weighted by molar-refractivity contribution is 5.93. The molecule has 4 heterocycles. The highest BCUT2D eigenvalue weighted by Crippen LogP contribution is 2.33. The number of nitrogens with one attached hydrogen (secondary N) is 1. The minimum absolute atomic E-state index is 0.190. The Morgan fingerprint density at radius 3 is 2.90 bits per heavy atom. The molecule has 0 fully saturated rings. The number of amides is 2. The van der Waals surface area contributed by atoms with Gasteiger partial charge in [0.25, 0.3) is 5.91 Å². The first-order valence-electron chi connectivity index (χ1n) is 9.62. The van der Waals surface area contributed by atoms with Gasteiger partial charge in [0.15, 0.2) is 17.3 Å². The van der Waals surface area contributed by atoms with Crippen LogP contribution in [0.15, 0.2) is 59.3 Å². The number of furan rings is 1. The lowest BCUT2D eigenvalue weighted by atomic mass is 9.93. The zero-order valence-electron chi connectivity index (χ0n) is 16.0. The van der Waals surface area contributed by atoms with E-state index in [1.165, 1.54) is 6.26 Å². The van der Waals surface area contributed by atoms with Crippen LogP contribution >= 0.6 is 0 Å². The quantitative estimate of drug-likeness (QED) is 0.717. The van der Waals surface area contributed by atoms with E-state index in [1.807, 2.05) is 24.3 Å². The van der Waals surface area contributed by atoms with Gasteiger partial charge in [-0.3, -0.25) is 14.6 Å². The predicted octanol–water partition coefficient (Wildman–Crippen LogP) is 2.46. The minimum Gasteiger partial charge on any atom is -0.459 e. The normalized spacial score (nSPS) is 16.8. The van der Waals surface area contributed by atoms with E-state index in [4.69, 9.17) is 13.9 Å². The monoisotopic (exact) mass is 405 g/mol. The second kappa shape index (κ2) is 7.55. The van der Waals surface area contributed by atoms with Crippen molar-refractivity contribution in [3.8, 4) is 11.5 Å². The predicted molar refractivity (Wildman–Crippen MR) is 105 cm³/mol. The fourth-order valence-electron chi connectivity index (χ4n) is 3.76. The summed E-state index contributed by atoms with van der Waals surface area (Å²) in [6.45, 7) is 1.15. The molecule has 1 atom stereocenters. The van der Waals surface area contributed by atoms with Crippen LogP contribution in [0.25, 0.3) is 0 Å². The summed E-state index contributed by atoms with van der Waals surface area (Å²) in [7, 11) is 0. The van der Waals surface area contributed by atoms with Gasteiger partial charge < -0.3 is 24.1 Å². The maximum Gasteiger partial charge on any atom is 0.289 e. The van der Waals surface area contributed by atoms with E-state index in [1.54, 1.807) is 29.3 Å². The average molecular weight is 405 g/mol. The first-order valence-corrected chi connectivity index (χ1v) is 9.62. The number of fused-ring (bicyclic) bond motifs is 2. The van der Waals surface area contributed by atoms with Gasteiger partial charge in [0.2, 0.25) is 12.7 Å². The number of hydrogen-bond acceptors (Lipinski definition) is 6. The zero-order valence-corrected chi connectivity index (χ0v) is 16.0. The molecule has 3 aromatic rings. The lowest BCUT2D eigenvalue weighted by molar-refractivity contribution is -0.123. The van der Waals surface area contributed by atoms with Gasteiger partial charge in [-0.2, -0.15) is 0 Å². The minimum atomic E-state index is -0.567. The molecule has 1 aromatic carbocycles. The molecule has 5 rings (SSSR count). The zero-order chi connectivity index (χ0) is 20.5. The van der Waals surface area contributed by atoms with Crippen molar-refractivity contribution in [1.82, 2.24) is 15.2 Å². The molecule has 0 bridgehead atoms. The van der Waals surface area contributed by atoms with Crippen LogP contribution in [0.1, 0.15) is 33.3 Å². The molecule has 30 heavy (non-hydrogen) atoms. The van der Waals surface area contributed by atoms with Crippen LogP contribution < -0.4 is 14.8 Å². The Labute approximate surface area is 172 Å². The molecule has 2 amide bonds. The number of nitrogens with zero attached hydrogens (tertiary/aromatic N) is 2. The summed E-state index contributed by atoms with van der Waals surface area (Å²) in [4.78, 5) is 31.9. The first-order chi connectivity index (χ1) is 14.7. The van der Waals surface area contributed by atoms with Crippen molar-refractivity contribution in [2.75, 3.05) is 13.3 Å². The molecule has 2 aliphatic heterocycles. The number of benzene rings is 1. The van der Waals surface area contributed by atoms with Crippen molar-refractivity contribution >= 4 is 11.8 Å². The number of rotatable bonds is 4. The number of pyridine rings is 1. The molecule has 0 aliphatic carbocycles. The third-order valence-corrected chi connectivity index (χ3v) is 5.26. The molecule has 0 saturated heterocycles. The Kier molecular flexibility index (Phi) is 4.59. The Hall–Kier alpha value is -3.81. The van der Waals surface area contributed by atoms with Crippen LogP contribution in [0.4, 0.5) is 0 Å². The highest BCUT2D eigenvalue weighted by Gasteiger charge is 2.34. The lowest BCUT2D eigenvalue weighted by Crippen LogP contribution is -2.44. The molecule has 152 valence electrons. The summed E-state index contributed by atoms with van der Waals surface area (Å²) in [5.41, 5.74) is 2.45. The van der Waals surface area contributed by atoms with Crippen molar-refractivity contribution in [3.05, 3.63) is 77.5 Å². The molecule has 0 radical (unpaired) electrons. The van der Waals surface area contributed by atoms with Crippen molar-refractivity contribution in [3.63, 3.8) is 0 Å². The molecule has 8 heteroatoms. The van der Waals surface area contributed by atoms with Gasteiger partial charge in [-0.15, -0.1) is 0 Å². The average Bonchev–Trinajstić information content (AvgIpc) is 3.48. The van der Waals surface area contributed by atoms with Crippen molar-refractivity contribution in [2.45, 2.75) is 19.0 Å². The third kappa shape index (κ3) is 3.36. The van der Waals surface area contributed by atoms with E-state index in [2.05, 4.69) is 10.3 Å². The number of hydrogen-bond donors (Lipinski definition) is 1. The smallest absolute Gasteiger partial charge is 0.289 e. The summed E-state index contributed by atoms with van der Waals surface area (Å²) in [6, 6.07) is 12.5. The van der Waals surface area contributed by atoms with E-state index in [9.17, 15) is 9.59 Å². The number of carbonyl (C=O) groups excluding carboxylic acids is 2. The Morgan fingerprint density at radius 1 is 1.13 bits per heavy atom. The van der Waals surface area contributed by atoms with E-state index < -0.39 is 5.92 Å². The second-order valence-corrected chi connectivity index (χ2v) is 7.17. The first kappa shape index (κ1) is 18.2. The van der Waals surface area contributed by atoms with Crippen molar-refractivity contribution in [2.24, 2.45) is 0 Å². The van der Waals surface area contributed by atoms with E-state index in [0.29, 0.717) is 30.3 Å². The molecular weight excluding hydrogens is 386 g/mol. The van der Waals surface area contributed by atoms with Crippen LogP contribution in [-0.4, -0.2) is 35.0 Å². The fourth-order valence-corrected chi connectivity index (χ4v) is 3.76. The lowest BCUT2D eigenvalue weighted by Gasteiger charge is -2.32.